The predicted octanol–water partition coefficient (Wildman–Crippen LogP) is 2.50. The molecule has 0 aliphatic carbocycles. The van der Waals surface area contributed by atoms with Crippen molar-refractivity contribution in [1.29, 1.82) is 0 Å². The van der Waals surface area contributed by atoms with E-state index in [0.29, 0.717) is 23.7 Å². The fourth-order valence-electron chi connectivity index (χ4n) is 4.19. The maximum absolute atomic E-state index is 13.4. The van der Waals surface area contributed by atoms with Gasteiger partial charge in [-0.1, -0.05) is 36.4 Å². The van der Waals surface area contributed by atoms with Crippen LogP contribution in [0.15, 0.2) is 64.2 Å². The topological polar surface area (TPSA) is 74.3 Å². The fourth-order valence-corrected chi connectivity index (χ4v) is 4.19. The molecule has 0 amide bonds. The Balaban J connectivity index is 1.70. The molecule has 0 atom stereocenters. The van der Waals surface area contributed by atoms with E-state index in [0.717, 1.165) is 30.0 Å². The van der Waals surface area contributed by atoms with Crippen molar-refractivity contribution < 1.29 is 4.74 Å². The molecule has 2 aromatic carbocycles. The van der Waals surface area contributed by atoms with E-state index < -0.39 is 0 Å². The maximum Gasteiger partial charge on any atom is 0.332 e. The highest BCUT2D eigenvalue weighted by Gasteiger charge is 2.27. The van der Waals surface area contributed by atoms with Crippen LogP contribution in [0.2, 0.25) is 0 Å². The molecule has 0 saturated carbocycles. The SMILES string of the molecule is COc1cccc(N2CCCn3c2nc2c3c(=O)n(Cc3ccccc3)c(=O)n2C)c1. The van der Waals surface area contributed by atoms with Gasteiger partial charge in [0.25, 0.3) is 5.56 Å². The predicted molar refractivity (Wildman–Crippen MR) is 119 cm³/mol. The maximum atomic E-state index is 13.4. The molecule has 4 aromatic rings. The van der Waals surface area contributed by atoms with Crippen molar-refractivity contribution in [2.75, 3.05) is 18.6 Å². The Morgan fingerprint density at radius 3 is 2.61 bits per heavy atom. The molecule has 1 aliphatic rings. The average Bonchev–Trinajstić information content (AvgIpc) is 3.21. The van der Waals surface area contributed by atoms with Gasteiger partial charge in [0.05, 0.1) is 13.7 Å². The fraction of sp³-hybridized carbons (Fsp3) is 0.261. The van der Waals surface area contributed by atoms with Crippen LogP contribution in [0.25, 0.3) is 11.2 Å². The molecule has 0 unspecified atom stereocenters. The molecule has 5 rings (SSSR count). The minimum absolute atomic E-state index is 0.225. The molecule has 1 aliphatic heterocycles. The van der Waals surface area contributed by atoms with E-state index in [2.05, 4.69) is 4.90 Å². The normalized spacial score (nSPS) is 13.4. The van der Waals surface area contributed by atoms with Gasteiger partial charge >= 0.3 is 5.69 Å². The molecular formula is C23H23N5O3. The third-order valence-electron chi connectivity index (χ3n) is 5.77. The molecule has 0 N–H and O–H groups in total. The molecule has 0 spiro atoms. The highest BCUT2D eigenvalue weighted by Crippen LogP contribution is 2.32. The zero-order chi connectivity index (χ0) is 21.5. The molecule has 3 heterocycles. The first-order chi connectivity index (χ1) is 15.1. The second kappa shape index (κ2) is 7.46. The van der Waals surface area contributed by atoms with Crippen molar-refractivity contribution in [1.82, 2.24) is 18.7 Å². The summed E-state index contributed by atoms with van der Waals surface area (Å²) in [4.78, 5) is 33.2. The number of hydrogen-bond donors (Lipinski definition) is 0. The van der Waals surface area contributed by atoms with Crippen LogP contribution in [0.3, 0.4) is 0 Å². The number of aryl methyl sites for hydroxylation is 2. The number of imidazole rings is 1. The van der Waals surface area contributed by atoms with Crippen molar-refractivity contribution in [3.63, 3.8) is 0 Å². The molecular weight excluding hydrogens is 394 g/mol. The molecule has 0 fully saturated rings. The Labute approximate surface area is 178 Å². The van der Waals surface area contributed by atoms with Crippen LogP contribution in [0, 0.1) is 0 Å². The highest BCUT2D eigenvalue weighted by atomic mass is 16.5. The lowest BCUT2D eigenvalue weighted by atomic mass is 10.2. The van der Waals surface area contributed by atoms with Crippen molar-refractivity contribution in [3.8, 4) is 5.75 Å². The number of aromatic nitrogens is 4. The first-order valence-electron chi connectivity index (χ1n) is 10.2. The van der Waals surface area contributed by atoms with Crippen LogP contribution in [-0.4, -0.2) is 32.3 Å². The van der Waals surface area contributed by atoms with Crippen molar-refractivity contribution in [2.24, 2.45) is 7.05 Å². The van der Waals surface area contributed by atoms with Gasteiger partial charge in [0.2, 0.25) is 5.95 Å². The van der Waals surface area contributed by atoms with Crippen LogP contribution >= 0.6 is 0 Å². The van der Waals surface area contributed by atoms with E-state index in [1.165, 1.54) is 9.13 Å². The van der Waals surface area contributed by atoms with Crippen LogP contribution in [0.4, 0.5) is 11.6 Å². The number of anilines is 2. The standard InChI is InChI=1S/C23H23N5O3/c1-25-20-19(21(29)28(23(25)30)15-16-8-4-3-5-9-16)27-13-7-12-26(22(27)24-20)17-10-6-11-18(14-17)31-2/h3-6,8-11,14H,7,12-13,15H2,1-2H3. The molecule has 0 bridgehead atoms. The lowest BCUT2D eigenvalue weighted by molar-refractivity contribution is 0.415. The van der Waals surface area contributed by atoms with Gasteiger partial charge in [0.1, 0.15) is 5.75 Å². The van der Waals surface area contributed by atoms with E-state index in [-0.39, 0.29) is 17.8 Å². The molecule has 158 valence electrons. The second-order valence-electron chi connectivity index (χ2n) is 7.66. The summed E-state index contributed by atoms with van der Waals surface area (Å²) in [5.74, 6) is 1.42. The quantitative estimate of drug-likeness (QED) is 0.510. The summed E-state index contributed by atoms with van der Waals surface area (Å²) in [7, 11) is 3.30. The molecule has 8 heteroatoms. The van der Waals surface area contributed by atoms with E-state index in [9.17, 15) is 9.59 Å². The molecule has 0 saturated heterocycles. The van der Waals surface area contributed by atoms with Gasteiger partial charge in [-0.3, -0.25) is 13.9 Å². The largest absolute Gasteiger partial charge is 0.497 e. The summed E-state index contributed by atoms with van der Waals surface area (Å²) in [6.07, 6.45) is 0.858. The Bertz CT molecular complexity index is 1380. The van der Waals surface area contributed by atoms with Gasteiger partial charge in [-0.25, -0.2) is 4.79 Å². The van der Waals surface area contributed by atoms with Gasteiger partial charge in [0.15, 0.2) is 11.2 Å². The average molecular weight is 417 g/mol. The molecule has 0 radical (unpaired) electrons. The zero-order valence-corrected chi connectivity index (χ0v) is 17.5. The summed E-state index contributed by atoms with van der Waals surface area (Å²) in [5, 5.41) is 0. The lowest BCUT2D eigenvalue weighted by Crippen LogP contribution is -2.40. The summed E-state index contributed by atoms with van der Waals surface area (Å²) < 4.78 is 10.1. The van der Waals surface area contributed by atoms with Crippen LogP contribution in [-0.2, 0) is 20.1 Å². The minimum atomic E-state index is -0.371. The molecule has 2 aromatic heterocycles. The number of hydrogen-bond acceptors (Lipinski definition) is 5. The van der Waals surface area contributed by atoms with Crippen LogP contribution in [0.1, 0.15) is 12.0 Å². The van der Waals surface area contributed by atoms with Gasteiger partial charge in [0, 0.05) is 31.9 Å². The summed E-state index contributed by atoms with van der Waals surface area (Å²) in [6, 6.07) is 17.3. The van der Waals surface area contributed by atoms with Crippen molar-refractivity contribution in [3.05, 3.63) is 81.0 Å². The Morgan fingerprint density at radius 1 is 1.03 bits per heavy atom. The molecule has 31 heavy (non-hydrogen) atoms. The third kappa shape index (κ3) is 3.11. The Hall–Kier alpha value is -3.81. The van der Waals surface area contributed by atoms with E-state index >= 15 is 0 Å². The van der Waals surface area contributed by atoms with Crippen LogP contribution < -0.4 is 20.9 Å². The van der Waals surface area contributed by atoms with E-state index in [1.54, 1.807) is 14.2 Å². The number of nitrogens with zero attached hydrogens (tertiary/aromatic N) is 5. The number of fused-ring (bicyclic) bond motifs is 3. The first-order valence-corrected chi connectivity index (χ1v) is 10.2. The number of benzene rings is 2. The van der Waals surface area contributed by atoms with Crippen molar-refractivity contribution >= 4 is 22.8 Å². The lowest BCUT2D eigenvalue weighted by Gasteiger charge is -2.29. The Kier molecular flexibility index (Phi) is 4.62. The van der Waals surface area contributed by atoms with Gasteiger partial charge in [-0.2, -0.15) is 4.98 Å². The number of rotatable bonds is 4. The van der Waals surface area contributed by atoms with Crippen molar-refractivity contribution in [2.45, 2.75) is 19.5 Å². The van der Waals surface area contributed by atoms with Gasteiger partial charge in [-0.05, 0) is 24.1 Å². The highest BCUT2D eigenvalue weighted by molar-refractivity contribution is 5.77. The third-order valence-corrected chi connectivity index (χ3v) is 5.77. The van der Waals surface area contributed by atoms with Crippen LogP contribution in [0.5, 0.6) is 5.75 Å². The Morgan fingerprint density at radius 2 is 1.84 bits per heavy atom. The summed E-state index contributed by atoms with van der Waals surface area (Å²) >= 11 is 0. The van der Waals surface area contributed by atoms with Gasteiger partial charge in [-0.15, -0.1) is 0 Å². The molecule has 8 nitrogen and oxygen atoms in total. The summed E-state index contributed by atoms with van der Waals surface area (Å²) in [5.41, 5.74) is 2.02. The van der Waals surface area contributed by atoms with E-state index in [1.807, 2.05) is 59.2 Å². The van der Waals surface area contributed by atoms with E-state index in [4.69, 9.17) is 9.72 Å². The number of methoxy groups -OCH3 is 1. The number of ether oxygens (including phenoxy) is 1. The minimum Gasteiger partial charge on any atom is -0.497 e. The zero-order valence-electron chi connectivity index (χ0n) is 17.5. The first kappa shape index (κ1) is 19.2. The summed E-state index contributed by atoms with van der Waals surface area (Å²) in [6.45, 7) is 1.66. The van der Waals surface area contributed by atoms with Gasteiger partial charge < -0.3 is 14.2 Å². The second-order valence-corrected chi connectivity index (χ2v) is 7.66. The smallest absolute Gasteiger partial charge is 0.332 e. The monoisotopic (exact) mass is 417 g/mol.